The summed E-state index contributed by atoms with van der Waals surface area (Å²) in [6.07, 6.45) is 0.855. The van der Waals surface area contributed by atoms with Gasteiger partial charge in [-0.3, -0.25) is 23.9 Å². The van der Waals surface area contributed by atoms with Crippen molar-refractivity contribution in [1.29, 1.82) is 0 Å². The maximum atomic E-state index is 12.7. The average molecular weight is 693 g/mol. The molecule has 8 atom stereocenters. The van der Waals surface area contributed by atoms with Gasteiger partial charge < -0.3 is 31.3 Å². The number of fused-ring (bicyclic) bond motifs is 2. The molecule has 252 valence electrons. The number of carboxylic acids is 3. The zero-order valence-electron chi connectivity index (χ0n) is 25.2. The van der Waals surface area contributed by atoms with Crippen molar-refractivity contribution in [3.63, 3.8) is 0 Å². The first kappa shape index (κ1) is 34.0. The quantitative estimate of drug-likeness (QED) is 0.211. The smallest absolute Gasteiger partial charge is 0.358 e. The lowest BCUT2D eigenvalue weighted by Gasteiger charge is -2.43. The Morgan fingerprint density at radius 1 is 1.09 bits per heavy atom. The highest BCUT2D eigenvalue weighted by Crippen LogP contribution is 2.54. The zero-order valence-corrected chi connectivity index (χ0v) is 26.8. The molecule has 1 aromatic carbocycles. The fraction of sp³-hybridized carbons (Fsp3) is 0.500. The molecule has 1 aromatic heterocycles. The van der Waals surface area contributed by atoms with E-state index in [1.165, 1.54) is 23.6 Å². The third kappa shape index (κ3) is 5.44. The molecule has 17 nitrogen and oxygen atoms in total. The highest BCUT2D eigenvalue weighted by Gasteiger charge is 2.71. The minimum absolute atomic E-state index is 0.176. The second-order valence-electron chi connectivity index (χ2n) is 12.5. The number of nitrogens with one attached hydrogen (secondary N) is 1. The van der Waals surface area contributed by atoms with E-state index < -0.39 is 78.4 Å². The molecule has 1 saturated carbocycles. The van der Waals surface area contributed by atoms with Crippen molar-refractivity contribution in [2.45, 2.75) is 72.0 Å². The predicted octanol–water partition coefficient (Wildman–Crippen LogP) is -0.860. The number of nitrogens with zero attached hydrogens (tertiary/aromatic N) is 4. The molecule has 3 saturated heterocycles. The summed E-state index contributed by atoms with van der Waals surface area (Å²) in [4.78, 5) is 71.6. The number of ketones is 1. The van der Waals surface area contributed by atoms with Crippen LogP contribution in [-0.4, -0.2) is 111 Å². The summed E-state index contributed by atoms with van der Waals surface area (Å²) in [6, 6.07) is 6.38. The summed E-state index contributed by atoms with van der Waals surface area (Å²) in [5.74, 6) is -7.37. The number of carboxylic acid groups (broad SMARTS) is 3. The minimum atomic E-state index is -3.90. The van der Waals surface area contributed by atoms with E-state index in [-0.39, 0.29) is 35.7 Å². The molecule has 4 fully saturated rings. The third-order valence-corrected chi connectivity index (χ3v) is 13.7. The van der Waals surface area contributed by atoms with E-state index in [4.69, 9.17) is 10.8 Å². The van der Waals surface area contributed by atoms with Crippen LogP contribution in [0.2, 0.25) is 0 Å². The first-order chi connectivity index (χ1) is 21.8. The maximum Gasteiger partial charge on any atom is 0.358 e. The lowest BCUT2D eigenvalue weighted by molar-refractivity contribution is -0.161. The summed E-state index contributed by atoms with van der Waals surface area (Å²) in [5, 5.41) is 35.8. The molecule has 6 rings (SSSR count). The SMILES string of the molecule is CC1(C)S[C@@H]2[C@H](NC(=O)C(N)c3ccccc3)C(=O)N2[C@H]1C(=O)O.C[C@]1(Cn2cc(C(=O)O)nn2)[C@H](C(=O)O)C2C(=O)CC2S1(=O)=O. The predicted molar refractivity (Wildman–Crippen MR) is 161 cm³/mol. The largest absolute Gasteiger partial charge is 0.481 e. The van der Waals surface area contributed by atoms with E-state index in [1.54, 1.807) is 38.1 Å². The van der Waals surface area contributed by atoms with Crippen LogP contribution < -0.4 is 11.1 Å². The summed E-state index contributed by atoms with van der Waals surface area (Å²) in [7, 11) is -3.90. The number of amides is 2. The van der Waals surface area contributed by atoms with Gasteiger partial charge in [0.15, 0.2) is 15.5 Å². The number of Topliss-reactive ketones (excluding diaryl/α,β-unsaturated/α-hetero) is 1. The van der Waals surface area contributed by atoms with Crippen molar-refractivity contribution in [2.75, 3.05) is 0 Å². The van der Waals surface area contributed by atoms with Gasteiger partial charge in [-0.2, -0.15) is 0 Å². The highest BCUT2D eigenvalue weighted by molar-refractivity contribution is 8.01. The molecule has 3 unspecified atom stereocenters. The van der Waals surface area contributed by atoms with Gasteiger partial charge in [0, 0.05) is 17.1 Å². The number of rotatable bonds is 8. The summed E-state index contributed by atoms with van der Waals surface area (Å²) in [5.41, 5.74) is 6.21. The van der Waals surface area contributed by atoms with Gasteiger partial charge in [0.1, 0.15) is 34.0 Å². The number of hydrogen-bond acceptors (Lipinski definition) is 12. The van der Waals surface area contributed by atoms with Gasteiger partial charge in [-0.1, -0.05) is 35.5 Å². The highest BCUT2D eigenvalue weighted by atomic mass is 32.2. The molecule has 0 spiro atoms. The average Bonchev–Trinajstić information content (AvgIpc) is 3.60. The summed E-state index contributed by atoms with van der Waals surface area (Å²) in [6.45, 7) is 4.45. The lowest BCUT2D eigenvalue weighted by Crippen LogP contribution is -2.71. The molecule has 4 aliphatic rings. The van der Waals surface area contributed by atoms with Crippen LogP contribution in [0.1, 0.15) is 49.3 Å². The van der Waals surface area contributed by atoms with Crippen LogP contribution in [0.4, 0.5) is 0 Å². The van der Waals surface area contributed by atoms with Crippen molar-refractivity contribution in [1.82, 2.24) is 25.2 Å². The maximum absolute atomic E-state index is 12.7. The number of aliphatic carboxylic acids is 2. The molecular formula is C28H32N6O11S2. The van der Waals surface area contributed by atoms with Crippen molar-refractivity contribution in [2.24, 2.45) is 17.6 Å². The van der Waals surface area contributed by atoms with Crippen LogP contribution in [0.15, 0.2) is 36.5 Å². The van der Waals surface area contributed by atoms with Gasteiger partial charge in [-0.05, 0) is 26.3 Å². The number of hydrogen-bond donors (Lipinski definition) is 5. The van der Waals surface area contributed by atoms with Gasteiger partial charge in [-0.15, -0.1) is 16.9 Å². The van der Waals surface area contributed by atoms with Crippen LogP contribution in [-0.2, 0) is 40.4 Å². The van der Waals surface area contributed by atoms with Crippen LogP contribution in [0.25, 0.3) is 0 Å². The monoisotopic (exact) mass is 692 g/mol. The molecule has 3 aliphatic heterocycles. The molecule has 19 heteroatoms. The Bertz CT molecular complexity index is 1780. The van der Waals surface area contributed by atoms with E-state index in [0.717, 1.165) is 10.9 Å². The van der Waals surface area contributed by atoms with Crippen molar-refractivity contribution < 1.29 is 52.5 Å². The van der Waals surface area contributed by atoms with Gasteiger partial charge in [0.05, 0.1) is 23.9 Å². The molecule has 1 aliphatic carbocycles. The van der Waals surface area contributed by atoms with E-state index in [0.29, 0.717) is 5.56 Å². The van der Waals surface area contributed by atoms with E-state index in [2.05, 4.69) is 15.6 Å². The number of β-lactam (4-membered cyclic amide) rings is 1. The Morgan fingerprint density at radius 2 is 1.72 bits per heavy atom. The van der Waals surface area contributed by atoms with Crippen molar-refractivity contribution in [3.8, 4) is 0 Å². The molecule has 0 bridgehead atoms. The number of carbonyl (C=O) groups is 6. The van der Waals surface area contributed by atoms with Crippen LogP contribution in [0, 0.1) is 11.8 Å². The molecule has 0 radical (unpaired) electrons. The number of carbonyl (C=O) groups excluding carboxylic acids is 3. The number of benzene rings is 1. The van der Waals surface area contributed by atoms with Gasteiger partial charge >= 0.3 is 17.9 Å². The van der Waals surface area contributed by atoms with E-state index in [9.17, 15) is 47.4 Å². The minimum Gasteiger partial charge on any atom is -0.481 e. The normalized spacial score (nSPS) is 31.6. The molecular weight excluding hydrogens is 660 g/mol. The number of sulfone groups is 1. The fourth-order valence-corrected chi connectivity index (χ4v) is 11.0. The van der Waals surface area contributed by atoms with Crippen molar-refractivity contribution >= 4 is 57.1 Å². The third-order valence-electron chi connectivity index (χ3n) is 9.15. The second-order valence-corrected chi connectivity index (χ2v) is 16.9. The second kappa shape index (κ2) is 11.7. The number of thioether (sulfide) groups is 1. The van der Waals surface area contributed by atoms with E-state index >= 15 is 0 Å². The van der Waals surface area contributed by atoms with Crippen LogP contribution in [0.5, 0.6) is 0 Å². The zero-order chi connectivity index (χ0) is 34.8. The Kier molecular flexibility index (Phi) is 8.47. The van der Waals surface area contributed by atoms with Gasteiger partial charge in [-0.25, -0.2) is 18.0 Å². The first-order valence-corrected chi connectivity index (χ1v) is 16.7. The standard InChI is InChI=1S/C16H19N3O4S.C12H13N3O7S/c1-16(2)11(15(22)23)19-13(21)10(14(19)24-16)18-12(20)9(17)8-6-4-3-5-7-8;1-12(4-15-3-5(10(17)18)13-14-15)9(11(19)20)8-6(16)2-7(8)23(12,21)22/h3-7,9-11,14H,17H2,1-2H3,(H,18,20)(H,22,23);3,7-9H,2,4H2,1H3,(H,17,18)(H,19,20)/t9?,10-,11+,14-;7?,8?,9-,12-/m10/s1. The lowest BCUT2D eigenvalue weighted by atomic mass is 9.70. The summed E-state index contributed by atoms with van der Waals surface area (Å²) < 4.78 is 24.0. The molecule has 2 aromatic rings. The topological polar surface area (TPSA) is 269 Å². The van der Waals surface area contributed by atoms with Gasteiger partial charge in [0.25, 0.3) is 0 Å². The van der Waals surface area contributed by atoms with Crippen LogP contribution in [0.3, 0.4) is 0 Å². The molecule has 47 heavy (non-hydrogen) atoms. The Morgan fingerprint density at radius 3 is 2.26 bits per heavy atom. The molecule has 2 amide bonds. The van der Waals surface area contributed by atoms with Gasteiger partial charge in [0.2, 0.25) is 11.8 Å². The van der Waals surface area contributed by atoms with E-state index in [1.807, 2.05) is 6.07 Å². The Hall–Kier alpha value is -4.36. The fourth-order valence-electron chi connectivity index (χ4n) is 6.71. The number of nitrogens with two attached hydrogens (primary N) is 1. The summed E-state index contributed by atoms with van der Waals surface area (Å²) >= 11 is 1.38. The Labute approximate surface area is 271 Å². The van der Waals surface area contributed by atoms with Crippen molar-refractivity contribution in [3.05, 3.63) is 47.8 Å². The number of aromatic nitrogens is 3. The molecule has 6 N–H and O–H groups in total. The number of aromatic carboxylic acids is 1. The van der Waals surface area contributed by atoms with Crippen LogP contribution >= 0.6 is 11.8 Å². The first-order valence-electron chi connectivity index (χ1n) is 14.3. The Balaban J connectivity index is 0.000000185. The molecule has 4 heterocycles.